The fraction of sp³-hybridized carbons (Fsp3) is 0.333. The maximum atomic E-state index is 12.1. The topological polar surface area (TPSA) is 117 Å². The van der Waals surface area contributed by atoms with E-state index in [0.717, 1.165) is 38.3 Å². The summed E-state index contributed by atoms with van der Waals surface area (Å²) in [5.74, 6) is 0.272. The Bertz CT molecular complexity index is 1440. The fourth-order valence-corrected chi connectivity index (χ4v) is 4.81. The molecule has 2 aromatic heterocycles. The predicted molar refractivity (Wildman–Crippen MR) is 158 cm³/mol. The van der Waals surface area contributed by atoms with Gasteiger partial charge < -0.3 is 21.3 Å². The number of nitrogens with one attached hydrogen (secondary N) is 2. The molecule has 208 valence electrons. The van der Waals surface area contributed by atoms with Crippen molar-refractivity contribution < 1.29 is 4.79 Å². The molecule has 40 heavy (non-hydrogen) atoms. The largest absolute Gasteiger partial charge is 0.364 e. The molecule has 0 bridgehead atoms. The van der Waals surface area contributed by atoms with Crippen LogP contribution in [0, 0.1) is 0 Å². The van der Waals surface area contributed by atoms with Gasteiger partial charge in [0.2, 0.25) is 0 Å². The number of piperazine rings is 1. The first-order valence-electron chi connectivity index (χ1n) is 13.7. The molecule has 5 rings (SSSR count). The lowest BCUT2D eigenvalue weighted by molar-refractivity contribution is 0.0996. The molecule has 4 N–H and O–H groups in total. The second-order valence-corrected chi connectivity index (χ2v) is 10.3. The van der Waals surface area contributed by atoms with E-state index in [-0.39, 0.29) is 5.69 Å². The number of likely N-dealkylation sites (N-methyl/N-ethyl adjacent to an activating group) is 1. The maximum Gasteiger partial charge on any atom is 0.271 e. The third-order valence-electron chi connectivity index (χ3n) is 7.21. The standard InChI is InChI=1S/C30H37N9O/c1-4-26-29(36-30(27(35-26)28(31)40)34-25-18-33-38(3)20-25)32-17-21-5-9-23(10-6-21)24-11-7-22(8-12-24)19-39-15-13-37(2)14-16-39/h5-12,18,20H,4,13-17,19H2,1-3H3,(H2,31,40)(H2,32,34,36). The van der Waals surface area contributed by atoms with Crippen LogP contribution in [0.3, 0.4) is 0 Å². The average Bonchev–Trinajstić information content (AvgIpc) is 3.38. The summed E-state index contributed by atoms with van der Waals surface area (Å²) in [6.07, 6.45) is 4.04. The van der Waals surface area contributed by atoms with E-state index in [4.69, 9.17) is 5.73 Å². The highest BCUT2D eigenvalue weighted by Crippen LogP contribution is 2.24. The molecule has 1 fully saturated rings. The van der Waals surface area contributed by atoms with E-state index in [0.29, 0.717) is 36.0 Å². The molecular weight excluding hydrogens is 502 g/mol. The molecule has 1 aliphatic heterocycles. The van der Waals surface area contributed by atoms with Crippen LogP contribution < -0.4 is 16.4 Å². The minimum absolute atomic E-state index is 0.102. The molecule has 1 amide bonds. The van der Waals surface area contributed by atoms with Gasteiger partial charge in [0.05, 0.1) is 17.6 Å². The van der Waals surface area contributed by atoms with Gasteiger partial charge in [-0.25, -0.2) is 9.97 Å². The van der Waals surface area contributed by atoms with Crippen molar-refractivity contribution in [2.45, 2.75) is 26.4 Å². The third kappa shape index (κ3) is 6.64. The third-order valence-corrected chi connectivity index (χ3v) is 7.21. The molecule has 10 nitrogen and oxygen atoms in total. The molecule has 1 aliphatic rings. The number of hydrogen-bond acceptors (Lipinski definition) is 8. The van der Waals surface area contributed by atoms with Crippen LogP contribution in [-0.2, 0) is 26.6 Å². The number of primary amides is 1. The van der Waals surface area contributed by atoms with Crippen LogP contribution in [0.15, 0.2) is 60.9 Å². The smallest absolute Gasteiger partial charge is 0.271 e. The van der Waals surface area contributed by atoms with Gasteiger partial charge in [-0.3, -0.25) is 14.4 Å². The van der Waals surface area contributed by atoms with Crippen LogP contribution in [0.5, 0.6) is 0 Å². The zero-order chi connectivity index (χ0) is 28.1. The van der Waals surface area contributed by atoms with E-state index in [1.165, 1.54) is 16.7 Å². The number of hydrogen-bond donors (Lipinski definition) is 3. The number of nitrogens with two attached hydrogens (primary N) is 1. The number of benzene rings is 2. The molecule has 0 unspecified atom stereocenters. The zero-order valence-corrected chi connectivity index (χ0v) is 23.4. The molecule has 0 atom stereocenters. The Morgan fingerprint density at radius 1 is 0.900 bits per heavy atom. The first kappa shape index (κ1) is 27.3. The van der Waals surface area contributed by atoms with Gasteiger partial charge in [-0.15, -0.1) is 0 Å². The quantitative estimate of drug-likeness (QED) is 0.280. The average molecular weight is 540 g/mol. The van der Waals surface area contributed by atoms with E-state index < -0.39 is 5.91 Å². The van der Waals surface area contributed by atoms with Gasteiger partial charge in [0.1, 0.15) is 0 Å². The molecule has 1 saturated heterocycles. The summed E-state index contributed by atoms with van der Waals surface area (Å²) in [5.41, 5.74) is 11.9. The van der Waals surface area contributed by atoms with Crippen LogP contribution in [0.1, 0.15) is 34.2 Å². The van der Waals surface area contributed by atoms with E-state index in [9.17, 15) is 4.79 Å². The number of carbonyl (C=O) groups excluding carboxylic acids is 1. The van der Waals surface area contributed by atoms with Crippen molar-refractivity contribution in [1.82, 2.24) is 29.5 Å². The predicted octanol–water partition coefficient (Wildman–Crippen LogP) is 3.64. The van der Waals surface area contributed by atoms with Gasteiger partial charge >= 0.3 is 0 Å². The summed E-state index contributed by atoms with van der Waals surface area (Å²) in [5, 5.41) is 10.7. The first-order valence-corrected chi connectivity index (χ1v) is 13.7. The van der Waals surface area contributed by atoms with Crippen LogP contribution in [-0.4, -0.2) is 68.7 Å². The number of nitrogens with zero attached hydrogens (tertiary/aromatic N) is 6. The molecule has 2 aromatic carbocycles. The van der Waals surface area contributed by atoms with Crippen molar-refractivity contribution in [3.63, 3.8) is 0 Å². The number of rotatable bonds is 10. The van der Waals surface area contributed by atoms with Crippen LogP contribution in [0.4, 0.5) is 17.3 Å². The lowest BCUT2D eigenvalue weighted by Gasteiger charge is -2.32. The van der Waals surface area contributed by atoms with Crippen LogP contribution in [0.2, 0.25) is 0 Å². The minimum Gasteiger partial charge on any atom is -0.364 e. The van der Waals surface area contributed by atoms with Crippen molar-refractivity contribution in [3.8, 4) is 11.1 Å². The van der Waals surface area contributed by atoms with Crippen molar-refractivity contribution >= 4 is 23.2 Å². The van der Waals surface area contributed by atoms with Gasteiger partial charge in [-0.1, -0.05) is 55.5 Å². The first-order chi connectivity index (χ1) is 19.4. The summed E-state index contributed by atoms with van der Waals surface area (Å²) in [6, 6.07) is 17.4. The monoisotopic (exact) mass is 539 g/mol. The van der Waals surface area contributed by atoms with Gasteiger partial charge in [0.15, 0.2) is 17.3 Å². The number of aromatic nitrogens is 4. The molecule has 4 aromatic rings. The summed E-state index contributed by atoms with van der Waals surface area (Å²) < 4.78 is 1.66. The Kier molecular flexibility index (Phi) is 8.37. The second kappa shape index (κ2) is 12.3. The fourth-order valence-electron chi connectivity index (χ4n) is 4.81. The van der Waals surface area contributed by atoms with Crippen LogP contribution >= 0.6 is 0 Å². The van der Waals surface area contributed by atoms with Gasteiger partial charge in [-0.2, -0.15) is 5.10 Å². The lowest BCUT2D eigenvalue weighted by atomic mass is 10.0. The Morgan fingerprint density at radius 2 is 1.55 bits per heavy atom. The minimum atomic E-state index is -0.636. The highest BCUT2D eigenvalue weighted by molar-refractivity contribution is 5.96. The van der Waals surface area contributed by atoms with Crippen molar-refractivity contribution in [2.75, 3.05) is 43.9 Å². The van der Waals surface area contributed by atoms with E-state index >= 15 is 0 Å². The molecular formula is C30H37N9O. The SMILES string of the molecule is CCc1nc(C(N)=O)c(Nc2cnn(C)c2)nc1NCc1ccc(-c2ccc(CN3CCN(C)CC3)cc2)cc1. The molecule has 0 aliphatic carbocycles. The van der Waals surface area contributed by atoms with Gasteiger partial charge in [-0.05, 0) is 35.7 Å². The van der Waals surface area contributed by atoms with Gasteiger partial charge in [0.25, 0.3) is 5.91 Å². The zero-order valence-electron chi connectivity index (χ0n) is 23.4. The number of carbonyl (C=O) groups is 1. The maximum absolute atomic E-state index is 12.1. The number of anilines is 3. The van der Waals surface area contributed by atoms with Crippen LogP contribution in [0.25, 0.3) is 11.1 Å². The molecule has 10 heteroatoms. The molecule has 0 spiro atoms. The van der Waals surface area contributed by atoms with Crippen molar-refractivity contribution in [3.05, 3.63) is 83.4 Å². The highest BCUT2D eigenvalue weighted by Gasteiger charge is 2.18. The van der Waals surface area contributed by atoms with Crippen molar-refractivity contribution in [1.29, 1.82) is 0 Å². The summed E-state index contributed by atoms with van der Waals surface area (Å²) in [6.45, 7) is 8.05. The Hall–Kier alpha value is -4.28. The summed E-state index contributed by atoms with van der Waals surface area (Å²) >= 11 is 0. The van der Waals surface area contributed by atoms with E-state index in [2.05, 4.69) is 91.1 Å². The van der Waals surface area contributed by atoms with E-state index in [1.54, 1.807) is 17.1 Å². The molecule has 0 saturated carbocycles. The second-order valence-electron chi connectivity index (χ2n) is 10.3. The molecule has 3 heterocycles. The Balaban J connectivity index is 1.24. The summed E-state index contributed by atoms with van der Waals surface area (Å²) in [4.78, 5) is 26.2. The highest BCUT2D eigenvalue weighted by atomic mass is 16.1. The number of aryl methyl sites for hydroxylation is 2. The lowest BCUT2D eigenvalue weighted by Crippen LogP contribution is -2.43. The van der Waals surface area contributed by atoms with E-state index in [1.807, 2.05) is 14.0 Å². The number of amides is 1. The van der Waals surface area contributed by atoms with Crippen molar-refractivity contribution in [2.24, 2.45) is 12.8 Å². The Labute approximate surface area is 235 Å². The Morgan fingerprint density at radius 3 is 2.12 bits per heavy atom. The van der Waals surface area contributed by atoms with Gasteiger partial charge in [0, 0.05) is 52.5 Å². The molecule has 0 radical (unpaired) electrons. The normalized spacial score (nSPS) is 14.3. The summed E-state index contributed by atoms with van der Waals surface area (Å²) in [7, 11) is 4.00.